The SMILES string of the molecule is O=C(NN=C1CN2CCC1CC2)c1cc(-c2cccs2)nc2ccc(Br)cc12. The molecule has 3 aliphatic rings. The van der Waals surface area contributed by atoms with Crippen molar-refractivity contribution >= 4 is 49.8 Å². The smallest absolute Gasteiger partial charge is 0.272 e. The molecule has 7 heteroatoms. The summed E-state index contributed by atoms with van der Waals surface area (Å²) in [6.45, 7) is 3.16. The summed E-state index contributed by atoms with van der Waals surface area (Å²) < 4.78 is 0.920. The number of hydrogen-bond donors (Lipinski definition) is 1. The van der Waals surface area contributed by atoms with Crippen LogP contribution in [0.5, 0.6) is 0 Å². The first-order valence-electron chi connectivity index (χ1n) is 9.41. The summed E-state index contributed by atoms with van der Waals surface area (Å²) in [6.07, 6.45) is 2.28. The molecule has 0 spiro atoms. The number of piperidine rings is 3. The lowest BCUT2D eigenvalue weighted by Gasteiger charge is -2.39. The molecule has 28 heavy (non-hydrogen) atoms. The highest BCUT2D eigenvalue weighted by atomic mass is 79.9. The summed E-state index contributed by atoms with van der Waals surface area (Å²) in [7, 11) is 0. The fourth-order valence-corrected chi connectivity index (χ4v) is 5.08. The molecule has 0 unspecified atom stereocenters. The molecule has 3 aromatic rings. The number of carbonyl (C=O) groups is 1. The third-order valence-corrected chi connectivity index (χ3v) is 6.92. The second-order valence-electron chi connectivity index (χ2n) is 7.29. The van der Waals surface area contributed by atoms with Crippen LogP contribution in [-0.4, -0.2) is 41.1 Å². The number of hydrogen-bond acceptors (Lipinski definition) is 5. The van der Waals surface area contributed by atoms with Gasteiger partial charge in [-0.2, -0.15) is 5.10 Å². The Morgan fingerprint density at radius 1 is 1.25 bits per heavy atom. The van der Waals surface area contributed by atoms with Gasteiger partial charge in [0.2, 0.25) is 0 Å². The number of halogens is 1. The zero-order valence-electron chi connectivity index (χ0n) is 15.2. The van der Waals surface area contributed by atoms with Crippen LogP contribution in [0.2, 0.25) is 0 Å². The molecule has 6 rings (SSSR count). The maximum Gasteiger partial charge on any atom is 0.272 e. The molecule has 2 bridgehead atoms. The highest BCUT2D eigenvalue weighted by molar-refractivity contribution is 9.10. The van der Waals surface area contributed by atoms with E-state index < -0.39 is 0 Å². The van der Waals surface area contributed by atoms with Crippen LogP contribution in [0.15, 0.2) is 51.4 Å². The van der Waals surface area contributed by atoms with Crippen molar-refractivity contribution in [2.24, 2.45) is 11.0 Å². The predicted molar refractivity (Wildman–Crippen MR) is 117 cm³/mol. The topological polar surface area (TPSA) is 57.6 Å². The van der Waals surface area contributed by atoms with E-state index in [1.165, 1.54) is 0 Å². The molecule has 1 amide bonds. The molecule has 3 fully saturated rings. The number of thiophene rings is 1. The summed E-state index contributed by atoms with van der Waals surface area (Å²) >= 11 is 5.12. The van der Waals surface area contributed by atoms with Crippen LogP contribution in [0, 0.1) is 5.92 Å². The van der Waals surface area contributed by atoms with Crippen LogP contribution in [0.4, 0.5) is 0 Å². The molecule has 3 aliphatic heterocycles. The van der Waals surface area contributed by atoms with Gasteiger partial charge < -0.3 is 0 Å². The number of hydrazone groups is 1. The Kier molecular flexibility index (Phi) is 4.74. The molecule has 5 heterocycles. The van der Waals surface area contributed by atoms with Crippen molar-refractivity contribution in [1.82, 2.24) is 15.3 Å². The van der Waals surface area contributed by atoms with E-state index in [0.29, 0.717) is 11.5 Å². The quantitative estimate of drug-likeness (QED) is 0.591. The van der Waals surface area contributed by atoms with E-state index >= 15 is 0 Å². The van der Waals surface area contributed by atoms with Crippen molar-refractivity contribution in [2.45, 2.75) is 12.8 Å². The first kappa shape index (κ1) is 18.0. The van der Waals surface area contributed by atoms with Gasteiger partial charge in [0.25, 0.3) is 5.91 Å². The Bertz CT molecular complexity index is 1070. The van der Waals surface area contributed by atoms with Crippen molar-refractivity contribution in [3.63, 3.8) is 0 Å². The minimum atomic E-state index is -0.188. The minimum Gasteiger partial charge on any atom is -0.298 e. The number of nitrogens with one attached hydrogen (secondary N) is 1. The fraction of sp³-hybridized carbons (Fsp3) is 0.286. The van der Waals surface area contributed by atoms with Crippen molar-refractivity contribution in [1.29, 1.82) is 0 Å². The van der Waals surface area contributed by atoms with Gasteiger partial charge in [0, 0.05) is 22.3 Å². The lowest BCUT2D eigenvalue weighted by atomic mass is 9.87. The number of nitrogens with zero attached hydrogens (tertiary/aromatic N) is 3. The Morgan fingerprint density at radius 3 is 2.82 bits per heavy atom. The molecular formula is C21H19BrN4OS. The van der Waals surface area contributed by atoms with E-state index in [1.54, 1.807) is 11.3 Å². The maximum atomic E-state index is 13.1. The normalized spacial score (nSPS) is 22.7. The zero-order chi connectivity index (χ0) is 19.1. The van der Waals surface area contributed by atoms with Crippen LogP contribution in [0.25, 0.3) is 21.5 Å². The van der Waals surface area contributed by atoms with Gasteiger partial charge in [0.1, 0.15) is 0 Å². The molecule has 0 atom stereocenters. The van der Waals surface area contributed by atoms with E-state index in [4.69, 9.17) is 4.98 Å². The molecule has 0 aliphatic carbocycles. The van der Waals surface area contributed by atoms with Crippen LogP contribution >= 0.6 is 27.3 Å². The number of amides is 1. The average Bonchev–Trinajstić information content (AvgIpc) is 3.27. The van der Waals surface area contributed by atoms with E-state index in [1.807, 2.05) is 41.8 Å². The Hall–Kier alpha value is -2.09. The lowest BCUT2D eigenvalue weighted by Crippen LogP contribution is -2.48. The number of rotatable bonds is 3. The molecule has 1 N–H and O–H groups in total. The highest BCUT2D eigenvalue weighted by Crippen LogP contribution is 2.30. The van der Waals surface area contributed by atoms with E-state index in [9.17, 15) is 4.79 Å². The second kappa shape index (κ2) is 7.39. The molecule has 1 aromatic carbocycles. The van der Waals surface area contributed by atoms with Crippen molar-refractivity contribution in [3.05, 3.63) is 51.8 Å². The molecular weight excluding hydrogens is 436 g/mol. The van der Waals surface area contributed by atoms with Gasteiger partial charge in [-0.3, -0.25) is 9.69 Å². The Labute approximate surface area is 175 Å². The summed E-state index contributed by atoms with van der Waals surface area (Å²) in [5, 5.41) is 7.35. The van der Waals surface area contributed by atoms with Crippen molar-refractivity contribution < 1.29 is 4.79 Å². The van der Waals surface area contributed by atoms with Gasteiger partial charge in [-0.15, -0.1) is 11.3 Å². The first-order chi connectivity index (χ1) is 13.7. The molecule has 5 nitrogen and oxygen atoms in total. The molecule has 3 saturated heterocycles. The lowest BCUT2D eigenvalue weighted by molar-refractivity contribution is 0.0955. The Balaban J connectivity index is 1.51. The zero-order valence-corrected chi connectivity index (χ0v) is 17.6. The summed E-state index contributed by atoms with van der Waals surface area (Å²) in [4.78, 5) is 21.3. The standard InChI is InChI=1S/C21H19BrN4OS/c22-14-3-4-17-15(10-14)16(11-18(23-17)20-2-1-9-28-20)21(27)25-24-19-12-26-7-5-13(19)6-8-26/h1-4,9-11,13H,5-8,12H2,(H,25,27). The van der Waals surface area contributed by atoms with Crippen LogP contribution in [0.3, 0.4) is 0 Å². The molecule has 142 valence electrons. The first-order valence-corrected chi connectivity index (χ1v) is 11.1. The molecule has 2 aromatic heterocycles. The van der Waals surface area contributed by atoms with Gasteiger partial charge in [-0.25, -0.2) is 10.4 Å². The Morgan fingerprint density at radius 2 is 2.11 bits per heavy atom. The van der Waals surface area contributed by atoms with E-state index in [2.05, 4.69) is 31.4 Å². The highest BCUT2D eigenvalue weighted by Gasteiger charge is 2.31. The maximum absolute atomic E-state index is 13.1. The van der Waals surface area contributed by atoms with E-state index in [-0.39, 0.29) is 5.91 Å². The van der Waals surface area contributed by atoms with E-state index in [0.717, 1.165) is 64.1 Å². The number of carbonyl (C=O) groups excluding carboxylic acids is 1. The van der Waals surface area contributed by atoms with Crippen molar-refractivity contribution in [2.75, 3.05) is 19.6 Å². The predicted octanol–water partition coefficient (Wildman–Crippen LogP) is 4.54. The van der Waals surface area contributed by atoms with Gasteiger partial charge in [0.05, 0.1) is 27.4 Å². The number of pyridine rings is 1. The average molecular weight is 455 g/mol. The van der Waals surface area contributed by atoms with Crippen LogP contribution < -0.4 is 5.43 Å². The largest absolute Gasteiger partial charge is 0.298 e. The number of aromatic nitrogens is 1. The molecule has 0 radical (unpaired) electrons. The van der Waals surface area contributed by atoms with Crippen LogP contribution in [-0.2, 0) is 0 Å². The van der Waals surface area contributed by atoms with Gasteiger partial charge >= 0.3 is 0 Å². The third kappa shape index (κ3) is 3.38. The second-order valence-corrected chi connectivity index (χ2v) is 9.15. The summed E-state index contributed by atoms with van der Waals surface area (Å²) in [5.41, 5.74) is 6.13. The minimum absolute atomic E-state index is 0.188. The van der Waals surface area contributed by atoms with Gasteiger partial charge in [-0.05, 0) is 61.6 Å². The van der Waals surface area contributed by atoms with Gasteiger partial charge in [0.15, 0.2) is 0 Å². The molecule has 0 saturated carbocycles. The third-order valence-electron chi connectivity index (χ3n) is 5.53. The number of fused-ring (bicyclic) bond motifs is 4. The van der Waals surface area contributed by atoms with Gasteiger partial charge in [-0.1, -0.05) is 22.0 Å². The van der Waals surface area contributed by atoms with Crippen LogP contribution in [0.1, 0.15) is 23.2 Å². The van der Waals surface area contributed by atoms with Crippen molar-refractivity contribution in [3.8, 4) is 10.6 Å². The monoisotopic (exact) mass is 454 g/mol. The fourth-order valence-electron chi connectivity index (χ4n) is 4.03. The summed E-state index contributed by atoms with van der Waals surface area (Å²) in [6, 6.07) is 11.7. The number of benzene rings is 1. The summed E-state index contributed by atoms with van der Waals surface area (Å²) in [5.74, 6) is 0.322.